The van der Waals surface area contributed by atoms with Gasteiger partial charge in [-0.25, -0.2) is 0 Å². The number of benzene rings is 1. The lowest BCUT2D eigenvalue weighted by molar-refractivity contribution is -0.117. The molecule has 1 aromatic rings. The minimum atomic E-state index is -0.201. The molecule has 1 fully saturated rings. The Morgan fingerprint density at radius 3 is 2.80 bits per heavy atom. The first-order valence-corrected chi connectivity index (χ1v) is 6.90. The lowest BCUT2D eigenvalue weighted by Gasteiger charge is -2.10. The molecule has 0 bridgehead atoms. The highest BCUT2D eigenvalue weighted by Crippen LogP contribution is 2.30. The molecule has 0 saturated heterocycles. The van der Waals surface area contributed by atoms with E-state index in [2.05, 4.69) is 10.6 Å². The van der Waals surface area contributed by atoms with E-state index in [-0.39, 0.29) is 30.3 Å². The van der Waals surface area contributed by atoms with E-state index in [1.165, 1.54) is 0 Å². The minimum absolute atomic E-state index is 0.0245. The van der Waals surface area contributed by atoms with Crippen LogP contribution in [0.25, 0.3) is 0 Å². The van der Waals surface area contributed by atoms with Gasteiger partial charge in [0.1, 0.15) is 0 Å². The second kappa shape index (κ2) is 6.52. The van der Waals surface area contributed by atoms with Gasteiger partial charge in [0.05, 0.1) is 0 Å². The molecule has 108 valence electrons. The molecule has 0 aliphatic heterocycles. The van der Waals surface area contributed by atoms with Crippen LogP contribution in [0.4, 0.5) is 5.69 Å². The Kier molecular flexibility index (Phi) is 4.74. The molecule has 1 aliphatic rings. The first kappa shape index (κ1) is 14.5. The van der Waals surface area contributed by atoms with E-state index >= 15 is 0 Å². The standard InChI is InChI=1S/C15H20N2O3/c1-10(9-18)8-16-14(19)12-3-2-4-13(7-12)17-15(20)11-5-6-11/h2-4,7,10-11,18H,5-6,8-9H2,1H3,(H,16,19)(H,17,20). The Morgan fingerprint density at radius 2 is 2.15 bits per heavy atom. The van der Waals surface area contributed by atoms with Crippen LogP contribution in [0.5, 0.6) is 0 Å². The summed E-state index contributed by atoms with van der Waals surface area (Å²) in [5, 5.41) is 14.5. The van der Waals surface area contributed by atoms with Gasteiger partial charge in [-0.3, -0.25) is 9.59 Å². The summed E-state index contributed by atoms with van der Waals surface area (Å²) in [6, 6.07) is 6.88. The fraction of sp³-hybridized carbons (Fsp3) is 0.467. The molecule has 1 aromatic carbocycles. The van der Waals surface area contributed by atoms with Gasteiger partial charge in [-0.2, -0.15) is 0 Å². The lowest BCUT2D eigenvalue weighted by atomic mass is 10.1. The maximum absolute atomic E-state index is 11.9. The van der Waals surface area contributed by atoms with Crippen molar-refractivity contribution in [2.45, 2.75) is 19.8 Å². The summed E-state index contributed by atoms with van der Waals surface area (Å²) in [5.41, 5.74) is 1.15. The van der Waals surface area contributed by atoms with Crippen LogP contribution in [0.3, 0.4) is 0 Å². The van der Waals surface area contributed by atoms with Crippen LogP contribution in [-0.2, 0) is 4.79 Å². The Labute approximate surface area is 118 Å². The first-order chi connectivity index (χ1) is 9.60. The van der Waals surface area contributed by atoms with Gasteiger partial charge < -0.3 is 15.7 Å². The zero-order valence-electron chi connectivity index (χ0n) is 11.6. The molecule has 0 radical (unpaired) electrons. The van der Waals surface area contributed by atoms with Crippen molar-refractivity contribution in [2.75, 3.05) is 18.5 Å². The van der Waals surface area contributed by atoms with Gasteiger partial charge in [0.25, 0.3) is 5.91 Å². The van der Waals surface area contributed by atoms with Gasteiger partial charge in [-0.15, -0.1) is 0 Å². The van der Waals surface area contributed by atoms with E-state index in [9.17, 15) is 9.59 Å². The number of carbonyl (C=O) groups excluding carboxylic acids is 2. The molecule has 0 heterocycles. The fourth-order valence-electron chi connectivity index (χ4n) is 1.76. The number of anilines is 1. The van der Waals surface area contributed by atoms with Crippen molar-refractivity contribution in [1.82, 2.24) is 5.32 Å². The van der Waals surface area contributed by atoms with Crippen molar-refractivity contribution in [3.05, 3.63) is 29.8 Å². The molecular weight excluding hydrogens is 256 g/mol. The summed E-state index contributed by atoms with van der Waals surface area (Å²) >= 11 is 0. The largest absolute Gasteiger partial charge is 0.396 e. The van der Waals surface area contributed by atoms with Gasteiger partial charge >= 0.3 is 0 Å². The van der Waals surface area contributed by atoms with Crippen molar-refractivity contribution in [3.63, 3.8) is 0 Å². The van der Waals surface area contributed by atoms with E-state index in [0.29, 0.717) is 17.8 Å². The van der Waals surface area contributed by atoms with Gasteiger partial charge in [0.2, 0.25) is 5.91 Å². The molecule has 5 heteroatoms. The number of hydrogen-bond acceptors (Lipinski definition) is 3. The highest BCUT2D eigenvalue weighted by atomic mass is 16.3. The molecule has 1 unspecified atom stereocenters. The van der Waals surface area contributed by atoms with E-state index < -0.39 is 0 Å². The SMILES string of the molecule is CC(CO)CNC(=O)c1cccc(NC(=O)C2CC2)c1. The second-order valence-corrected chi connectivity index (χ2v) is 5.34. The van der Waals surface area contributed by atoms with Crippen LogP contribution in [0.2, 0.25) is 0 Å². The number of rotatable bonds is 6. The Morgan fingerprint density at radius 1 is 1.40 bits per heavy atom. The zero-order valence-corrected chi connectivity index (χ0v) is 11.6. The van der Waals surface area contributed by atoms with Crippen LogP contribution in [0, 0.1) is 11.8 Å². The molecule has 20 heavy (non-hydrogen) atoms. The topological polar surface area (TPSA) is 78.4 Å². The summed E-state index contributed by atoms with van der Waals surface area (Å²) in [5.74, 6) is -0.0149. The number of hydrogen-bond donors (Lipinski definition) is 3. The average molecular weight is 276 g/mol. The highest BCUT2D eigenvalue weighted by Gasteiger charge is 2.29. The van der Waals surface area contributed by atoms with E-state index in [4.69, 9.17) is 5.11 Å². The number of aliphatic hydroxyl groups is 1. The summed E-state index contributed by atoms with van der Waals surface area (Å²) in [4.78, 5) is 23.6. The summed E-state index contributed by atoms with van der Waals surface area (Å²) in [7, 11) is 0. The highest BCUT2D eigenvalue weighted by molar-refractivity contribution is 5.98. The van der Waals surface area contributed by atoms with Crippen molar-refractivity contribution in [3.8, 4) is 0 Å². The summed E-state index contributed by atoms with van der Waals surface area (Å²) < 4.78 is 0. The van der Waals surface area contributed by atoms with Gasteiger partial charge in [-0.1, -0.05) is 13.0 Å². The van der Waals surface area contributed by atoms with Crippen LogP contribution >= 0.6 is 0 Å². The van der Waals surface area contributed by atoms with Crippen LogP contribution in [0.15, 0.2) is 24.3 Å². The van der Waals surface area contributed by atoms with Crippen molar-refractivity contribution in [2.24, 2.45) is 11.8 Å². The summed E-state index contributed by atoms with van der Waals surface area (Å²) in [6.07, 6.45) is 1.90. The molecule has 2 rings (SSSR count). The average Bonchev–Trinajstić information content (AvgIpc) is 3.29. The molecule has 0 aromatic heterocycles. The number of amides is 2. The minimum Gasteiger partial charge on any atom is -0.396 e. The maximum Gasteiger partial charge on any atom is 0.251 e. The third kappa shape index (κ3) is 4.06. The van der Waals surface area contributed by atoms with Gasteiger partial charge in [0.15, 0.2) is 0 Å². The third-order valence-corrected chi connectivity index (χ3v) is 3.26. The smallest absolute Gasteiger partial charge is 0.251 e. The molecule has 3 N–H and O–H groups in total. The monoisotopic (exact) mass is 276 g/mol. The van der Waals surface area contributed by atoms with Crippen LogP contribution < -0.4 is 10.6 Å². The summed E-state index contributed by atoms with van der Waals surface area (Å²) in [6.45, 7) is 2.32. The number of nitrogens with one attached hydrogen (secondary N) is 2. The molecule has 1 atom stereocenters. The van der Waals surface area contributed by atoms with Gasteiger partial charge in [-0.05, 0) is 37.0 Å². The zero-order chi connectivity index (χ0) is 14.5. The maximum atomic E-state index is 11.9. The Bertz CT molecular complexity index is 498. The van der Waals surface area contributed by atoms with Crippen molar-refractivity contribution < 1.29 is 14.7 Å². The van der Waals surface area contributed by atoms with Crippen molar-refractivity contribution in [1.29, 1.82) is 0 Å². The quantitative estimate of drug-likeness (QED) is 0.734. The lowest BCUT2D eigenvalue weighted by Crippen LogP contribution is -2.29. The van der Waals surface area contributed by atoms with E-state index in [1.54, 1.807) is 24.3 Å². The fourth-order valence-corrected chi connectivity index (χ4v) is 1.76. The third-order valence-electron chi connectivity index (χ3n) is 3.26. The van der Waals surface area contributed by atoms with Crippen LogP contribution in [0.1, 0.15) is 30.1 Å². The predicted molar refractivity (Wildman–Crippen MR) is 76.4 cm³/mol. The van der Waals surface area contributed by atoms with Crippen molar-refractivity contribution >= 4 is 17.5 Å². The normalized spacial score (nSPS) is 15.5. The van der Waals surface area contributed by atoms with Gasteiger partial charge in [0, 0.05) is 30.3 Å². The number of carbonyl (C=O) groups is 2. The molecule has 1 saturated carbocycles. The Hall–Kier alpha value is -1.88. The molecule has 0 spiro atoms. The van der Waals surface area contributed by atoms with E-state index in [0.717, 1.165) is 12.8 Å². The predicted octanol–water partition coefficient (Wildman–Crippen LogP) is 1.39. The van der Waals surface area contributed by atoms with E-state index in [1.807, 2.05) is 6.92 Å². The molecule has 1 aliphatic carbocycles. The first-order valence-electron chi connectivity index (χ1n) is 6.90. The molecule has 2 amide bonds. The second-order valence-electron chi connectivity index (χ2n) is 5.34. The number of aliphatic hydroxyl groups excluding tert-OH is 1. The molecule has 5 nitrogen and oxygen atoms in total. The van der Waals surface area contributed by atoms with Crippen LogP contribution in [-0.4, -0.2) is 30.1 Å². The molecular formula is C15H20N2O3. The Balaban J connectivity index is 1.94.